The van der Waals surface area contributed by atoms with Gasteiger partial charge in [0.1, 0.15) is 6.07 Å². The highest BCUT2D eigenvalue weighted by molar-refractivity contribution is 7.89. The van der Waals surface area contributed by atoms with Crippen LogP contribution in [0, 0.1) is 17.2 Å². The summed E-state index contributed by atoms with van der Waals surface area (Å²) in [6.45, 7) is 2.16. The maximum absolute atomic E-state index is 12.7. The van der Waals surface area contributed by atoms with Crippen LogP contribution in [0.3, 0.4) is 0 Å². The van der Waals surface area contributed by atoms with Crippen molar-refractivity contribution in [2.75, 3.05) is 36.8 Å². The lowest BCUT2D eigenvalue weighted by atomic mass is 9.91. The molecule has 24 heavy (non-hydrogen) atoms. The number of rotatable bonds is 4. The van der Waals surface area contributed by atoms with Crippen molar-refractivity contribution >= 4 is 15.7 Å². The molecule has 1 aliphatic carbocycles. The molecule has 0 unspecified atom stereocenters. The molecule has 2 aliphatic rings. The van der Waals surface area contributed by atoms with Gasteiger partial charge in [-0.05, 0) is 24.8 Å². The van der Waals surface area contributed by atoms with Crippen molar-refractivity contribution < 1.29 is 8.42 Å². The quantitative estimate of drug-likeness (QED) is 0.831. The Kier molecular flexibility index (Phi) is 5.36. The Morgan fingerprint density at radius 1 is 1.17 bits per heavy atom. The molecule has 0 radical (unpaired) electrons. The summed E-state index contributed by atoms with van der Waals surface area (Å²) in [6.07, 6.45) is 8.93. The number of nitrogens with zero attached hydrogens (tertiary/aromatic N) is 4. The fourth-order valence-electron chi connectivity index (χ4n) is 3.70. The van der Waals surface area contributed by atoms with Gasteiger partial charge in [0.25, 0.3) is 0 Å². The molecule has 0 atom stereocenters. The van der Waals surface area contributed by atoms with Gasteiger partial charge >= 0.3 is 0 Å². The van der Waals surface area contributed by atoms with Gasteiger partial charge in [-0.2, -0.15) is 9.57 Å². The standard InChI is InChI=1S/C17H24N4O2S/c18-12-16-6-7-19-13-17(16)20-8-10-21(11-9-20)24(22,23)14-15-4-2-1-3-5-15/h6-7,13,15H,1-5,8-11,14H2. The van der Waals surface area contributed by atoms with E-state index in [1.165, 1.54) is 6.42 Å². The van der Waals surface area contributed by atoms with Crippen molar-refractivity contribution in [3.63, 3.8) is 0 Å². The molecule has 1 saturated heterocycles. The van der Waals surface area contributed by atoms with Crippen LogP contribution < -0.4 is 4.90 Å². The third kappa shape index (κ3) is 3.87. The van der Waals surface area contributed by atoms with Crippen LogP contribution in [-0.2, 0) is 10.0 Å². The van der Waals surface area contributed by atoms with Gasteiger partial charge in [0.2, 0.25) is 10.0 Å². The van der Waals surface area contributed by atoms with Gasteiger partial charge in [0, 0.05) is 32.4 Å². The van der Waals surface area contributed by atoms with Gasteiger partial charge in [-0.25, -0.2) is 8.42 Å². The monoisotopic (exact) mass is 348 g/mol. The summed E-state index contributed by atoms with van der Waals surface area (Å²) >= 11 is 0. The lowest BCUT2D eigenvalue weighted by molar-refractivity contribution is 0.356. The summed E-state index contributed by atoms with van der Waals surface area (Å²) in [5, 5.41) is 9.20. The topological polar surface area (TPSA) is 77.3 Å². The average molecular weight is 348 g/mol. The van der Waals surface area contributed by atoms with Crippen molar-refractivity contribution in [3.8, 4) is 6.07 Å². The van der Waals surface area contributed by atoms with Gasteiger partial charge in [-0.15, -0.1) is 0 Å². The van der Waals surface area contributed by atoms with E-state index in [2.05, 4.69) is 16.0 Å². The zero-order chi connectivity index (χ0) is 17.0. The molecule has 0 aromatic carbocycles. The van der Waals surface area contributed by atoms with E-state index in [0.29, 0.717) is 43.4 Å². The maximum atomic E-state index is 12.7. The second-order valence-corrected chi connectivity index (χ2v) is 8.69. The molecule has 1 aromatic rings. The lowest BCUT2D eigenvalue weighted by Gasteiger charge is -2.36. The summed E-state index contributed by atoms with van der Waals surface area (Å²) in [5.41, 5.74) is 1.38. The van der Waals surface area contributed by atoms with E-state index >= 15 is 0 Å². The molecule has 130 valence electrons. The van der Waals surface area contributed by atoms with Crippen LogP contribution in [0.2, 0.25) is 0 Å². The Labute approximate surface area is 144 Å². The molecule has 0 amide bonds. The molecule has 7 heteroatoms. The number of hydrogen-bond acceptors (Lipinski definition) is 5. The van der Waals surface area contributed by atoms with Crippen LogP contribution >= 0.6 is 0 Å². The SMILES string of the molecule is N#Cc1ccncc1N1CCN(S(=O)(=O)CC2CCCCC2)CC1. The summed E-state index contributed by atoms with van der Waals surface area (Å²) < 4.78 is 27.0. The van der Waals surface area contributed by atoms with E-state index < -0.39 is 10.0 Å². The van der Waals surface area contributed by atoms with E-state index in [-0.39, 0.29) is 0 Å². The molecule has 6 nitrogen and oxygen atoms in total. The van der Waals surface area contributed by atoms with Crippen molar-refractivity contribution in [1.82, 2.24) is 9.29 Å². The fraction of sp³-hybridized carbons (Fsp3) is 0.647. The van der Waals surface area contributed by atoms with E-state index in [0.717, 1.165) is 31.4 Å². The molecule has 2 heterocycles. The first-order valence-corrected chi connectivity index (χ1v) is 10.3. The Morgan fingerprint density at radius 3 is 2.54 bits per heavy atom. The highest BCUT2D eigenvalue weighted by atomic mass is 32.2. The number of hydrogen-bond donors (Lipinski definition) is 0. The summed E-state index contributed by atoms with van der Waals surface area (Å²) in [7, 11) is -3.18. The molecular formula is C17H24N4O2S. The molecular weight excluding hydrogens is 324 g/mol. The molecule has 3 rings (SSSR count). The van der Waals surface area contributed by atoms with Gasteiger partial charge in [0.05, 0.1) is 23.2 Å². The van der Waals surface area contributed by atoms with Gasteiger partial charge in [-0.1, -0.05) is 19.3 Å². The third-order valence-corrected chi connectivity index (χ3v) is 7.11. The molecule has 0 spiro atoms. The van der Waals surface area contributed by atoms with Crippen molar-refractivity contribution in [3.05, 3.63) is 24.0 Å². The molecule has 0 bridgehead atoms. The smallest absolute Gasteiger partial charge is 0.214 e. The molecule has 0 N–H and O–H groups in total. The third-order valence-electron chi connectivity index (χ3n) is 5.06. The zero-order valence-corrected chi connectivity index (χ0v) is 14.7. The van der Waals surface area contributed by atoms with E-state index in [4.69, 9.17) is 0 Å². The van der Waals surface area contributed by atoms with Crippen LogP contribution in [0.25, 0.3) is 0 Å². The first kappa shape index (κ1) is 17.2. The van der Waals surface area contributed by atoms with Crippen LogP contribution in [-0.4, -0.2) is 49.6 Å². The second-order valence-electron chi connectivity index (χ2n) is 6.67. The van der Waals surface area contributed by atoms with Gasteiger partial charge in [0.15, 0.2) is 0 Å². The Bertz CT molecular complexity index is 700. The summed E-state index contributed by atoms with van der Waals surface area (Å²) in [5.74, 6) is 0.619. The highest BCUT2D eigenvalue weighted by Gasteiger charge is 2.30. The minimum absolute atomic E-state index is 0.295. The number of aromatic nitrogens is 1. The molecule has 1 aromatic heterocycles. The fourth-order valence-corrected chi connectivity index (χ4v) is 5.56. The lowest BCUT2D eigenvalue weighted by Crippen LogP contribution is -2.50. The van der Waals surface area contributed by atoms with Gasteiger partial charge in [-0.3, -0.25) is 4.98 Å². The molecule has 2 fully saturated rings. The molecule has 1 aliphatic heterocycles. The predicted molar refractivity (Wildman–Crippen MR) is 93.1 cm³/mol. The van der Waals surface area contributed by atoms with E-state index in [9.17, 15) is 13.7 Å². The number of anilines is 1. The van der Waals surface area contributed by atoms with Crippen LogP contribution in [0.1, 0.15) is 37.7 Å². The zero-order valence-electron chi connectivity index (χ0n) is 13.9. The summed E-state index contributed by atoms with van der Waals surface area (Å²) in [4.78, 5) is 6.14. The van der Waals surface area contributed by atoms with Crippen molar-refractivity contribution in [1.29, 1.82) is 5.26 Å². The molecule has 1 saturated carbocycles. The number of pyridine rings is 1. The largest absolute Gasteiger partial charge is 0.367 e. The number of nitriles is 1. The Balaban J connectivity index is 1.61. The van der Waals surface area contributed by atoms with Crippen molar-refractivity contribution in [2.24, 2.45) is 5.92 Å². The maximum Gasteiger partial charge on any atom is 0.214 e. The Morgan fingerprint density at radius 2 is 1.88 bits per heavy atom. The number of piperazine rings is 1. The normalized spacial score (nSPS) is 20.7. The van der Waals surface area contributed by atoms with E-state index in [1.54, 1.807) is 22.8 Å². The summed E-state index contributed by atoms with van der Waals surface area (Å²) in [6, 6.07) is 3.87. The van der Waals surface area contributed by atoms with Crippen molar-refractivity contribution in [2.45, 2.75) is 32.1 Å². The van der Waals surface area contributed by atoms with Crippen LogP contribution in [0.5, 0.6) is 0 Å². The van der Waals surface area contributed by atoms with Gasteiger partial charge < -0.3 is 4.90 Å². The minimum atomic E-state index is -3.18. The first-order valence-electron chi connectivity index (χ1n) is 8.67. The highest BCUT2D eigenvalue weighted by Crippen LogP contribution is 2.27. The van der Waals surface area contributed by atoms with Crippen LogP contribution in [0.4, 0.5) is 5.69 Å². The minimum Gasteiger partial charge on any atom is -0.367 e. The Hall–Kier alpha value is -1.65. The average Bonchev–Trinajstić information content (AvgIpc) is 2.62. The number of sulfonamides is 1. The first-order chi connectivity index (χ1) is 11.6. The second kappa shape index (κ2) is 7.49. The van der Waals surface area contributed by atoms with Crippen LogP contribution in [0.15, 0.2) is 18.5 Å². The van der Waals surface area contributed by atoms with E-state index in [1.807, 2.05) is 0 Å². The predicted octanol–water partition coefficient (Wildman–Crippen LogP) is 1.99.